The Hall–Kier alpha value is -1.14. The van der Waals surface area contributed by atoms with Crippen molar-refractivity contribution in [2.75, 3.05) is 12.3 Å². The van der Waals surface area contributed by atoms with E-state index in [9.17, 15) is 4.79 Å². The van der Waals surface area contributed by atoms with E-state index in [-0.39, 0.29) is 0 Å². The van der Waals surface area contributed by atoms with Crippen LogP contribution >= 0.6 is 11.8 Å². The summed E-state index contributed by atoms with van der Waals surface area (Å²) in [6.07, 6.45) is 0.911. The molecular formula is C12H19N3O2S. The van der Waals surface area contributed by atoms with Crippen LogP contribution in [0.15, 0.2) is 11.2 Å². The minimum atomic E-state index is -0.833. The van der Waals surface area contributed by atoms with E-state index in [0.29, 0.717) is 17.5 Å². The predicted molar refractivity (Wildman–Crippen MR) is 71.9 cm³/mol. The van der Waals surface area contributed by atoms with Gasteiger partial charge in [0.05, 0.1) is 0 Å². The van der Waals surface area contributed by atoms with Crippen LogP contribution < -0.4 is 5.32 Å². The van der Waals surface area contributed by atoms with Gasteiger partial charge in [0, 0.05) is 17.1 Å². The molecule has 100 valence electrons. The molecule has 0 radical (unpaired) electrons. The highest BCUT2D eigenvalue weighted by Crippen LogP contribution is 2.15. The zero-order valence-electron chi connectivity index (χ0n) is 10.9. The molecule has 0 saturated heterocycles. The van der Waals surface area contributed by atoms with Crippen molar-refractivity contribution in [3.8, 4) is 0 Å². The first-order valence-electron chi connectivity index (χ1n) is 5.94. The van der Waals surface area contributed by atoms with E-state index in [4.69, 9.17) is 5.11 Å². The third-order valence-corrected chi connectivity index (χ3v) is 3.22. The first-order chi connectivity index (χ1) is 8.52. The van der Waals surface area contributed by atoms with Crippen LogP contribution in [0.5, 0.6) is 0 Å². The summed E-state index contributed by atoms with van der Waals surface area (Å²) in [5.74, 6) is -0.404. The second kappa shape index (κ2) is 7.33. The number of nitrogens with one attached hydrogen (secondary N) is 1. The van der Waals surface area contributed by atoms with Crippen molar-refractivity contribution in [3.05, 3.63) is 17.5 Å². The summed E-state index contributed by atoms with van der Waals surface area (Å²) in [5.41, 5.74) is 1.80. The van der Waals surface area contributed by atoms with E-state index in [0.717, 1.165) is 17.8 Å². The fourth-order valence-electron chi connectivity index (χ4n) is 1.45. The van der Waals surface area contributed by atoms with E-state index in [1.54, 1.807) is 0 Å². The third kappa shape index (κ3) is 5.01. The molecule has 0 saturated carbocycles. The molecule has 6 heteroatoms. The number of rotatable bonds is 7. The lowest BCUT2D eigenvalue weighted by Crippen LogP contribution is -2.39. The van der Waals surface area contributed by atoms with E-state index in [1.807, 2.05) is 26.8 Å². The minimum Gasteiger partial charge on any atom is -0.480 e. The first-order valence-corrected chi connectivity index (χ1v) is 6.92. The van der Waals surface area contributed by atoms with Gasteiger partial charge in [-0.05, 0) is 32.9 Å². The van der Waals surface area contributed by atoms with Crippen LogP contribution in [0.1, 0.15) is 24.7 Å². The number of carbonyl (C=O) groups is 1. The quantitative estimate of drug-likeness (QED) is 0.579. The molecule has 0 aliphatic heterocycles. The van der Waals surface area contributed by atoms with Crippen LogP contribution in [0.4, 0.5) is 0 Å². The Labute approximate surface area is 111 Å². The Kier molecular flexibility index (Phi) is 6.07. The summed E-state index contributed by atoms with van der Waals surface area (Å²) in [5, 5.41) is 12.7. The number of carboxylic acids is 1. The molecule has 1 atom stereocenters. The second-order valence-electron chi connectivity index (χ2n) is 4.09. The number of hydrogen-bond acceptors (Lipinski definition) is 5. The Morgan fingerprint density at radius 1 is 1.44 bits per heavy atom. The number of thioether (sulfide) groups is 1. The van der Waals surface area contributed by atoms with Crippen LogP contribution in [0.3, 0.4) is 0 Å². The van der Waals surface area contributed by atoms with Gasteiger partial charge in [-0.2, -0.15) is 0 Å². The van der Waals surface area contributed by atoms with Crippen LogP contribution in [0.25, 0.3) is 0 Å². The Bertz CT molecular complexity index is 392. The summed E-state index contributed by atoms with van der Waals surface area (Å²) in [6.45, 7) is 6.52. The van der Waals surface area contributed by atoms with E-state index >= 15 is 0 Å². The molecule has 1 rings (SSSR count). The zero-order chi connectivity index (χ0) is 13.5. The zero-order valence-corrected chi connectivity index (χ0v) is 11.8. The van der Waals surface area contributed by atoms with Crippen molar-refractivity contribution in [2.45, 2.75) is 38.4 Å². The lowest BCUT2D eigenvalue weighted by atomic mass is 10.3. The number of aryl methyl sites for hydroxylation is 2. The van der Waals surface area contributed by atoms with Gasteiger partial charge in [-0.15, -0.1) is 0 Å². The van der Waals surface area contributed by atoms with Gasteiger partial charge >= 0.3 is 5.97 Å². The molecular weight excluding hydrogens is 250 g/mol. The smallest absolute Gasteiger partial charge is 0.321 e. The van der Waals surface area contributed by atoms with E-state index in [1.165, 1.54) is 11.8 Å². The van der Waals surface area contributed by atoms with Gasteiger partial charge in [-0.25, -0.2) is 9.97 Å². The van der Waals surface area contributed by atoms with Gasteiger partial charge in [0.15, 0.2) is 5.16 Å². The highest BCUT2D eigenvalue weighted by atomic mass is 32.2. The van der Waals surface area contributed by atoms with Crippen molar-refractivity contribution < 1.29 is 9.90 Å². The average molecular weight is 269 g/mol. The van der Waals surface area contributed by atoms with Crippen molar-refractivity contribution in [1.82, 2.24) is 15.3 Å². The van der Waals surface area contributed by atoms with Crippen molar-refractivity contribution >= 4 is 17.7 Å². The molecule has 0 aromatic carbocycles. The molecule has 2 N–H and O–H groups in total. The Morgan fingerprint density at radius 3 is 2.56 bits per heavy atom. The molecule has 0 fully saturated rings. The topological polar surface area (TPSA) is 75.1 Å². The second-order valence-corrected chi connectivity index (χ2v) is 5.08. The summed E-state index contributed by atoms with van der Waals surface area (Å²) in [6, 6.07) is 1.34. The lowest BCUT2D eigenvalue weighted by molar-refractivity contribution is -0.138. The fraction of sp³-hybridized carbons (Fsp3) is 0.583. The maximum atomic E-state index is 11.0. The SMILES string of the molecule is CCCNC(CSc1nc(C)cc(C)n1)C(=O)O. The van der Waals surface area contributed by atoms with Gasteiger partial charge in [0.2, 0.25) is 0 Å². The van der Waals surface area contributed by atoms with Gasteiger partial charge in [-0.3, -0.25) is 4.79 Å². The third-order valence-electron chi connectivity index (χ3n) is 2.28. The van der Waals surface area contributed by atoms with Gasteiger partial charge in [0.25, 0.3) is 0 Å². The first kappa shape index (κ1) is 14.9. The maximum absolute atomic E-state index is 11.0. The molecule has 0 amide bonds. The normalized spacial score (nSPS) is 12.4. The Balaban J connectivity index is 2.58. The number of carboxylic acid groups (broad SMARTS) is 1. The molecule has 1 aromatic heterocycles. The molecule has 5 nitrogen and oxygen atoms in total. The number of aliphatic carboxylic acids is 1. The minimum absolute atomic E-state index is 0.429. The predicted octanol–water partition coefficient (Wildman–Crippen LogP) is 1.64. The summed E-state index contributed by atoms with van der Waals surface area (Å²) < 4.78 is 0. The van der Waals surface area contributed by atoms with Gasteiger partial charge in [-0.1, -0.05) is 18.7 Å². The molecule has 0 aliphatic rings. The van der Waals surface area contributed by atoms with Crippen LogP contribution in [0, 0.1) is 13.8 Å². The van der Waals surface area contributed by atoms with Crippen LogP contribution in [0.2, 0.25) is 0 Å². The van der Waals surface area contributed by atoms with E-state index in [2.05, 4.69) is 15.3 Å². The molecule has 1 unspecified atom stereocenters. The molecule has 0 spiro atoms. The van der Waals surface area contributed by atoms with Gasteiger partial charge in [0.1, 0.15) is 6.04 Å². The standard InChI is InChI=1S/C12H19N3O2S/c1-4-5-13-10(11(16)17)7-18-12-14-8(2)6-9(3)15-12/h6,10,13H,4-5,7H2,1-3H3,(H,16,17). The Morgan fingerprint density at radius 2 is 2.06 bits per heavy atom. The van der Waals surface area contributed by atoms with Crippen molar-refractivity contribution in [1.29, 1.82) is 0 Å². The number of aromatic nitrogens is 2. The number of nitrogens with zero attached hydrogens (tertiary/aromatic N) is 2. The monoisotopic (exact) mass is 269 g/mol. The molecule has 0 aliphatic carbocycles. The van der Waals surface area contributed by atoms with Crippen LogP contribution in [-0.2, 0) is 4.79 Å². The average Bonchev–Trinajstić information content (AvgIpc) is 2.27. The molecule has 1 heterocycles. The highest BCUT2D eigenvalue weighted by molar-refractivity contribution is 7.99. The fourth-order valence-corrected chi connectivity index (χ4v) is 2.45. The number of hydrogen-bond donors (Lipinski definition) is 2. The largest absolute Gasteiger partial charge is 0.480 e. The van der Waals surface area contributed by atoms with Crippen molar-refractivity contribution in [2.24, 2.45) is 0 Å². The maximum Gasteiger partial charge on any atom is 0.321 e. The molecule has 1 aromatic rings. The summed E-state index contributed by atoms with van der Waals surface area (Å²) in [4.78, 5) is 19.6. The van der Waals surface area contributed by atoms with E-state index < -0.39 is 12.0 Å². The van der Waals surface area contributed by atoms with Crippen LogP contribution in [-0.4, -0.2) is 39.4 Å². The lowest BCUT2D eigenvalue weighted by Gasteiger charge is -2.12. The molecule has 0 bridgehead atoms. The summed E-state index contributed by atoms with van der Waals surface area (Å²) >= 11 is 1.37. The van der Waals surface area contributed by atoms with Gasteiger partial charge < -0.3 is 10.4 Å². The summed E-state index contributed by atoms with van der Waals surface area (Å²) in [7, 11) is 0. The molecule has 18 heavy (non-hydrogen) atoms. The van der Waals surface area contributed by atoms with Crippen molar-refractivity contribution in [3.63, 3.8) is 0 Å². The highest BCUT2D eigenvalue weighted by Gasteiger charge is 2.17.